The van der Waals surface area contributed by atoms with Gasteiger partial charge in [-0.05, 0) is 101 Å². The predicted molar refractivity (Wildman–Crippen MR) is 155 cm³/mol. The fourth-order valence-electron chi connectivity index (χ4n) is 6.09. The van der Waals surface area contributed by atoms with Crippen LogP contribution in [-0.4, -0.2) is 66.0 Å². The van der Waals surface area contributed by atoms with E-state index in [0.717, 1.165) is 62.1 Å². The van der Waals surface area contributed by atoms with E-state index in [4.69, 9.17) is 4.74 Å². The first kappa shape index (κ1) is 26.9. The number of anilines is 1. The number of fused-ring (bicyclic) bond motifs is 5. The molecule has 1 N–H and O–H groups in total. The van der Waals surface area contributed by atoms with Gasteiger partial charge in [0.1, 0.15) is 11.4 Å². The molecule has 1 aromatic carbocycles. The van der Waals surface area contributed by atoms with Crippen LogP contribution >= 0.6 is 11.8 Å². The van der Waals surface area contributed by atoms with E-state index >= 15 is 0 Å². The van der Waals surface area contributed by atoms with Crippen molar-refractivity contribution in [2.45, 2.75) is 70.2 Å². The summed E-state index contributed by atoms with van der Waals surface area (Å²) in [5.74, 6) is 0.730. The van der Waals surface area contributed by atoms with Gasteiger partial charge in [0.15, 0.2) is 0 Å². The number of carbonyl (C=O) groups excluding carboxylic acids is 2. The maximum Gasteiger partial charge on any atom is 0.271 e. The summed E-state index contributed by atoms with van der Waals surface area (Å²) in [6.07, 6.45) is 7.00. The van der Waals surface area contributed by atoms with Crippen LogP contribution < -0.4 is 10.1 Å². The molecule has 0 saturated carbocycles. The molecule has 2 amide bonds. The third kappa shape index (κ3) is 4.89. The molecule has 1 unspecified atom stereocenters. The summed E-state index contributed by atoms with van der Waals surface area (Å²) in [5, 5.41) is 5.55. The highest BCUT2D eigenvalue weighted by Gasteiger charge is 2.39. The number of ether oxygens (including phenoxy) is 1. The fourth-order valence-corrected chi connectivity index (χ4v) is 7.11. The topological polar surface area (TPSA) is 66.8 Å². The van der Waals surface area contributed by atoms with Crippen LogP contribution in [0.2, 0.25) is 0 Å². The van der Waals surface area contributed by atoms with Gasteiger partial charge in [-0.1, -0.05) is 6.08 Å². The van der Waals surface area contributed by atoms with E-state index in [1.807, 2.05) is 30.8 Å². The van der Waals surface area contributed by atoms with Crippen molar-refractivity contribution in [2.75, 3.05) is 39.6 Å². The summed E-state index contributed by atoms with van der Waals surface area (Å²) >= 11 is 1.85. The van der Waals surface area contributed by atoms with Crippen molar-refractivity contribution in [3.05, 3.63) is 46.0 Å². The molecule has 5 rings (SSSR count). The highest BCUT2D eigenvalue weighted by Crippen LogP contribution is 2.50. The van der Waals surface area contributed by atoms with Gasteiger partial charge in [-0.25, -0.2) is 0 Å². The Labute approximate surface area is 230 Å². The van der Waals surface area contributed by atoms with Gasteiger partial charge in [0.05, 0.1) is 25.0 Å². The summed E-state index contributed by atoms with van der Waals surface area (Å²) in [5.41, 5.74) is 7.27. The van der Waals surface area contributed by atoms with Gasteiger partial charge >= 0.3 is 0 Å². The molecule has 2 aromatic rings. The number of benzene rings is 1. The Kier molecular flexibility index (Phi) is 7.40. The molecule has 204 valence electrons. The normalized spacial score (nSPS) is 19.1. The first-order chi connectivity index (χ1) is 18.1. The van der Waals surface area contributed by atoms with Gasteiger partial charge in [-0.2, -0.15) is 0 Å². The number of rotatable bonds is 5. The zero-order valence-electron chi connectivity index (χ0n) is 23.5. The highest BCUT2D eigenvalue weighted by molar-refractivity contribution is 8.02. The number of methoxy groups -OCH3 is 1. The minimum Gasteiger partial charge on any atom is -0.495 e. The second-order valence-electron chi connectivity index (χ2n) is 11.8. The van der Waals surface area contributed by atoms with Crippen molar-refractivity contribution in [1.82, 2.24) is 14.4 Å². The zero-order valence-corrected chi connectivity index (χ0v) is 24.3. The molecule has 0 fully saturated rings. The lowest BCUT2D eigenvalue weighted by atomic mass is 9.91. The quantitative estimate of drug-likeness (QED) is 0.548. The van der Waals surface area contributed by atoms with Crippen LogP contribution in [0.25, 0.3) is 11.3 Å². The molecule has 3 aliphatic rings. The molecular weight excluding hydrogens is 496 g/mol. The monoisotopic (exact) mass is 536 g/mol. The number of aryl methyl sites for hydroxylation is 1. The third-order valence-corrected chi connectivity index (χ3v) is 8.86. The van der Waals surface area contributed by atoms with E-state index < -0.39 is 0 Å². The Morgan fingerprint density at radius 1 is 1.16 bits per heavy atom. The molecule has 38 heavy (non-hydrogen) atoms. The predicted octanol–water partition coefficient (Wildman–Crippen LogP) is 5.49. The summed E-state index contributed by atoms with van der Waals surface area (Å²) < 4.78 is 8.01. The van der Waals surface area contributed by atoms with E-state index in [-0.39, 0.29) is 29.1 Å². The molecule has 1 atom stereocenters. The molecular formula is C30H40N4O3S. The maximum atomic E-state index is 14.3. The van der Waals surface area contributed by atoms with Gasteiger partial charge in [-0.3, -0.25) is 9.59 Å². The Balaban J connectivity index is 1.71. The van der Waals surface area contributed by atoms with E-state index in [2.05, 4.69) is 59.2 Å². The number of amides is 2. The Hall–Kier alpha value is -2.71. The average molecular weight is 537 g/mol. The smallest absolute Gasteiger partial charge is 0.271 e. The maximum absolute atomic E-state index is 14.3. The highest BCUT2D eigenvalue weighted by atomic mass is 32.2. The zero-order chi connectivity index (χ0) is 27.2. The molecule has 8 heteroatoms. The first-order valence-electron chi connectivity index (χ1n) is 13.6. The Morgan fingerprint density at radius 3 is 2.61 bits per heavy atom. The Bertz CT molecular complexity index is 1280. The number of nitrogens with zero attached hydrogens (tertiary/aromatic N) is 3. The number of nitrogens with one attached hydrogen (secondary N) is 1. The van der Waals surface area contributed by atoms with Gasteiger partial charge in [0.2, 0.25) is 5.91 Å². The first-order valence-corrected chi connectivity index (χ1v) is 14.6. The van der Waals surface area contributed by atoms with Gasteiger partial charge in [0.25, 0.3) is 5.91 Å². The lowest BCUT2D eigenvalue weighted by molar-refractivity contribution is -0.116. The van der Waals surface area contributed by atoms with E-state index in [1.54, 1.807) is 7.11 Å². The average Bonchev–Trinajstić information content (AvgIpc) is 3.46. The second-order valence-corrected chi connectivity index (χ2v) is 12.9. The number of hydrogen-bond acceptors (Lipinski definition) is 5. The fraction of sp³-hybridized carbons (Fsp3) is 0.533. The summed E-state index contributed by atoms with van der Waals surface area (Å²) in [6, 6.07) is 4.14. The summed E-state index contributed by atoms with van der Waals surface area (Å²) in [7, 11) is 5.40. The van der Waals surface area contributed by atoms with E-state index in [1.165, 1.54) is 16.7 Å². The molecule has 0 aliphatic carbocycles. The van der Waals surface area contributed by atoms with Crippen molar-refractivity contribution < 1.29 is 14.3 Å². The van der Waals surface area contributed by atoms with Crippen LogP contribution in [0.1, 0.15) is 72.5 Å². The van der Waals surface area contributed by atoms with Crippen LogP contribution in [0.3, 0.4) is 0 Å². The van der Waals surface area contributed by atoms with Gasteiger partial charge in [-0.15, -0.1) is 11.8 Å². The van der Waals surface area contributed by atoms with Crippen molar-refractivity contribution >= 4 is 29.3 Å². The standard InChI is InChI=1S/C30H40N4O3S/c1-30(2,3)34-13-8-7-10-20-26(24-11-9-15-38-24)27-21-17-22(31-25(35)18-32(4)5)23(37-6)16-19(21)12-14-33(27)28(20)29(34)36/h9,15-17,24H,7-8,10-14,18H2,1-6H3,(H,31,35). The van der Waals surface area contributed by atoms with Crippen LogP contribution in [0.4, 0.5) is 5.69 Å². The molecule has 0 spiro atoms. The second kappa shape index (κ2) is 10.5. The lowest BCUT2D eigenvalue weighted by Crippen LogP contribution is -2.47. The number of likely N-dealkylation sites (N-methyl/N-ethyl adjacent to an activating group) is 1. The van der Waals surface area contributed by atoms with Crippen LogP contribution in [0.5, 0.6) is 5.75 Å². The number of carbonyl (C=O) groups is 2. The van der Waals surface area contributed by atoms with Crippen LogP contribution in [0, 0.1) is 0 Å². The number of hydrogen-bond donors (Lipinski definition) is 1. The van der Waals surface area contributed by atoms with Gasteiger partial charge in [0, 0.05) is 29.4 Å². The van der Waals surface area contributed by atoms with E-state index in [0.29, 0.717) is 11.4 Å². The molecule has 0 radical (unpaired) electrons. The molecule has 3 aliphatic heterocycles. The minimum atomic E-state index is -0.246. The molecule has 4 heterocycles. The molecule has 1 aromatic heterocycles. The minimum absolute atomic E-state index is 0.0847. The molecule has 0 saturated heterocycles. The number of thioether (sulfide) groups is 1. The molecule has 7 nitrogen and oxygen atoms in total. The third-order valence-electron chi connectivity index (χ3n) is 7.75. The van der Waals surface area contributed by atoms with Crippen molar-refractivity contribution in [3.8, 4) is 17.0 Å². The van der Waals surface area contributed by atoms with Gasteiger partial charge < -0.3 is 24.4 Å². The van der Waals surface area contributed by atoms with Crippen LogP contribution in [0.15, 0.2) is 23.6 Å². The largest absolute Gasteiger partial charge is 0.495 e. The van der Waals surface area contributed by atoms with Crippen molar-refractivity contribution in [2.24, 2.45) is 0 Å². The van der Waals surface area contributed by atoms with Crippen LogP contribution in [-0.2, 0) is 24.2 Å². The van der Waals surface area contributed by atoms with Crippen molar-refractivity contribution in [3.63, 3.8) is 0 Å². The lowest BCUT2D eigenvalue weighted by Gasteiger charge is -2.37. The van der Waals surface area contributed by atoms with E-state index in [9.17, 15) is 9.59 Å². The summed E-state index contributed by atoms with van der Waals surface area (Å²) in [4.78, 5) is 30.9. The number of allylic oxidation sites excluding steroid dienone is 1. The number of aromatic nitrogens is 1. The SMILES string of the molecule is COc1cc2c(cc1NC(=O)CN(C)C)-c1c(C3CC=CS3)c3c(n1CC2)C(=O)N(C(C)(C)C)CCCC3. The Morgan fingerprint density at radius 2 is 1.95 bits per heavy atom. The summed E-state index contributed by atoms with van der Waals surface area (Å²) in [6.45, 7) is 8.23. The molecule has 0 bridgehead atoms. The van der Waals surface area contributed by atoms with Crippen molar-refractivity contribution in [1.29, 1.82) is 0 Å².